The fraction of sp³-hybridized carbons (Fsp3) is 0.875. The molecule has 3 saturated carbocycles. The van der Waals surface area contributed by atoms with Crippen LogP contribution in [0.4, 0.5) is 0 Å². The van der Waals surface area contributed by atoms with Crippen molar-refractivity contribution in [2.75, 3.05) is 0 Å². The normalized spacial score (nSPS) is 46.4. The van der Waals surface area contributed by atoms with Gasteiger partial charge in [-0.3, -0.25) is 0 Å². The maximum atomic E-state index is 2.42. The van der Waals surface area contributed by atoms with Gasteiger partial charge in [-0.25, -0.2) is 0 Å². The highest BCUT2D eigenvalue weighted by molar-refractivity contribution is 5.06. The molecule has 0 amide bonds. The van der Waals surface area contributed by atoms with Gasteiger partial charge in [0.25, 0.3) is 0 Å². The Morgan fingerprint density at radius 2 is 1.50 bits per heavy atom. The third-order valence-corrected chi connectivity index (χ3v) is 5.26. The van der Waals surface area contributed by atoms with Crippen molar-refractivity contribution in [2.45, 2.75) is 59.3 Å². The van der Waals surface area contributed by atoms with E-state index >= 15 is 0 Å². The highest BCUT2D eigenvalue weighted by Crippen LogP contribution is 2.47. The fourth-order valence-electron chi connectivity index (χ4n) is 4.28. The second-order valence-corrected chi connectivity index (χ2v) is 6.37. The van der Waals surface area contributed by atoms with Gasteiger partial charge in [0.1, 0.15) is 0 Å². The Kier molecular flexibility index (Phi) is 3.77. The van der Waals surface area contributed by atoms with E-state index in [0.717, 1.165) is 29.6 Å². The van der Waals surface area contributed by atoms with Crippen molar-refractivity contribution < 1.29 is 0 Å². The molecule has 92 valence electrons. The molecule has 0 N–H and O–H groups in total. The molecule has 0 aromatic rings. The number of fused-ring (bicyclic) bond motifs is 4. The van der Waals surface area contributed by atoms with Crippen LogP contribution in [0.15, 0.2) is 12.2 Å². The largest absolute Gasteiger partial charge is 0.0851 e. The quantitative estimate of drug-likeness (QED) is 0.501. The molecule has 0 aliphatic heterocycles. The van der Waals surface area contributed by atoms with Gasteiger partial charge in [0, 0.05) is 0 Å². The van der Waals surface area contributed by atoms with Crippen LogP contribution in [0.25, 0.3) is 0 Å². The van der Waals surface area contributed by atoms with Gasteiger partial charge in [0.05, 0.1) is 0 Å². The first-order chi connectivity index (χ1) is 7.31. The van der Waals surface area contributed by atoms with E-state index < -0.39 is 0 Å². The molecule has 4 aliphatic rings. The van der Waals surface area contributed by atoms with Crippen molar-refractivity contribution in [2.24, 2.45) is 29.6 Å². The minimum absolute atomic E-state index is 0. The second kappa shape index (κ2) is 4.94. The number of hydrogen-bond acceptors (Lipinski definition) is 0. The van der Waals surface area contributed by atoms with Crippen LogP contribution in [0.1, 0.15) is 59.3 Å². The Morgan fingerprint density at radius 3 is 1.69 bits per heavy atom. The number of rotatable bonds is 0. The molecule has 0 spiro atoms. The lowest BCUT2D eigenvalue weighted by molar-refractivity contribution is 0.360. The van der Waals surface area contributed by atoms with E-state index in [2.05, 4.69) is 19.1 Å². The van der Waals surface area contributed by atoms with Gasteiger partial charge in [-0.1, -0.05) is 32.9 Å². The highest BCUT2D eigenvalue weighted by Gasteiger charge is 2.36. The van der Waals surface area contributed by atoms with Gasteiger partial charge in [-0.15, -0.1) is 0 Å². The molecule has 0 radical (unpaired) electrons. The van der Waals surface area contributed by atoms with Crippen LogP contribution in [0.2, 0.25) is 0 Å². The Bertz CT molecular complexity index is 239. The Labute approximate surface area is 102 Å². The van der Waals surface area contributed by atoms with Gasteiger partial charge in [0.15, 0.2) is 0 Å². The fourth-order valence-corrected chi connectivity index (χ4v) is 4.28. The summed E-state index contributed by atoms with van der Waals surface area (Å²) in [6.07, 6.45) is 15.4. The molecular formula is C16H28. The molecule has 0 aromatic carbocycles. The Morgan fingerprint density at radius 1 is 0.812 bits per heavy atom. The Hall–Kier alpha value is -0.260. The molecule has 0 nitrogen and oxygen atoms in total. The van der Waals surface area contributed by atoms with Crippen molar-refractivity contribution in [1.29, 1.82) is 0 Å². The van der Waals surface area contributed by atoms with Gasteiger partial charge >= 0.3 is 0 Å². The highest BCUT2D eigenvalue weighted by atomic mass is 14.4. The first-order valence-corrected chi connectivity index (χ1v) is 6.99. The molecule has 0 heteroatoms. The topological polar surface area (TPSA) is 0 Å². The van der Waals surface area contributed by atoms with Crippen molar-refractivity contribution in [1.82, 2.24) is 0 Å². The zero-order valence-electron chi connectivity index (χ0n) is 9.99. The van der Waals surface area contributed by atoms with Gasteiger partial charge in [-0.05, 0) is 68.1 Å². The molecule has 5 atom stereocenters. The van der Waals surface area contributed by atoms with Crippen LogP contribution >= 0.6 is 0 Å². The average Bonchev–Trinajstić information content (AvgIpc) is 2.99. The van der Waals surface area contributed by atoms with Crippen LogP contribution in [-0.2, 0) is 0 Å². The van der Waals surface area contributed by atoms with Crippen LogP contribution < -0.4 is 0 Å². The molecule has 4 aliphatic carbocycles. The van der Waals surface area contributed by atoms with Crippen molar-refractivity contribution in [3.05, 3.63) is 12.2 Å². The monoisotopic (exact) mass is 220 g/mol. The predicted molar refractivity (Wildman–Crippen MR) is 71.3 cm³/mol. The summed E-state index contributed by atoms with van der Waals surface area (Å²) in [4.78, 5) is 0. The third kappa shape index (κ3) is 2.36. The van der Waals surface area contributed by atoms with E-state index in [4.69, 9.17) is 0 Å². The van der Waals surface area contributed by atoms with E-state index in [9.17, 15) is 0 Å². The Balaban J connectivity index is 0.000000114. The first-order valence-electron chi connectivity index (χ1n) is 6.99. The molecule has 4 bridgehead atoms. The molecule has 4 rings (SSSR count). The van der Waals surface area contributed by atoms with E-state index in [1.807, 2.05) is 0 Å². The first kappa shape index (κ1) is 12.2. The maximum Gasteiger partial charge on any atom is -0.0228 e. The minimum atomic E-state index is 0. The number of hydrogen-bond donors (Lipinski definition) is 0. The lowest BCUT2D eigenvalue weighted by Gasteiger charge is -2.15. The zero-order valence-corrected chi connectivity index (χ0v) is 9.99. The summed E-state index contributed by atoms with van der Waals surface area (Å²) in [5, 5.41) is 0. The SMILES string of the molecule is C.C1=CC2CCC1C2.CC1CC2CCC1C2. The van der Waals surface area contributed by atoms with E-state index in [1.165, 1.54) is 19.3 Å². The molecule has 0 heterocycles. The second-order valence-electron chi connectivity index (χ2n) is 6.37. The lowest BCUT2D eigenvalue weighted by Crippen LogP contribution is -2.04. The molecule has 0 aromatic heterocycles. The van der Waals surface area contributed by atoms with E-state index in [-0.39, 0.29) is 7.43 Å². The summed E-state index contributed by atoms with van der Waals surface area (Å²) < 4.78 is 0. The maximum absolute atomic E-state index is 2.42. The van der Waals surface area contributed by atoms with E-state index in [1.54, 1.807) is 25.7 Å². The summed E-state index contributed by atoms with van der Waals surface area (Å²) in [5.41, 5.74) is 0. The summed E-state index contributed by atoms with van der Waals surface area (Å²) in [6, 6.07) is 0. The summed E-state index contributed by atoms with van der Waals surface area (Å²) in [6.45, 7) is 2.42. The lowest BCUT2D eigenvalue weighted by atomic mass is 9.91. The number of allylic oxidation sites excluding steroid dienone is 2. The van der Waals surface area contributed by atoms with Crippen LogP contribution in [0, 0.1) is 29.6 Å². The van der Waals surface area contributed by atoms with Gasteiger partial charge in [0.2, 0.25) is 0 Å². The standard InChI is InChI=1S/C8H14.C7H10.CH4/c1-6-4-7-2-3-8(6)5-7;1-2-7-4-3-6(1)5-7;/h6-8H,2-5H2,1H3;1-2,6-7H,3-5H2;1H4. The van der Waals surface area contributed by atoms with E-state index in [0.29, 0.717) is 0 Å². The van der Waals surface area contributed by atoms with Gasteiger partial charge < -0.3 is 0 Å². The van der Waals surface area contributed by atoms with Crippen LogP contribution in [0.5, 0.6) is 0 Å². The summed E-state index contributed by atoms with van der Waals surface area (Å²) in [7, 11) is 0. The van der Waals surface area contributed by atoms with Crippen molar-refractivity contribution in [3.63, 3.8) is 0 Å². The zero-order chi connectivity index (χ0) is 10.3. The summed E-state index contributed by atoms with van der Waals surface area (Å²) in [5.74, 6) is 5.35. The summed E-state index contributed by atoms with van der Waals surface area (Å²) >= 11 is 0. The minimum Gasteiger partial charge on any atom is -0.0851 e. The van der Waals surface area contributed by atoms with Crippen molar-refractivity contribution >= 4 is 0 Å². The molecule has 16 heavy (non-hydrogen) atoms. The molecule has 3 fully saturated rings. The average molecular weight is 220 g/mol. The molecular weight excluding hydrogens is 192 g/mol. The van der Waals surface area contributed by atoms with Crippen molar-refractivity contribution in [3.8, 4) is 0 Å². The smallest absolute Gasteiger partial charge is 0.0228 e. The van der Waals surface area contributed by atoms with Crippen LogP contribution in [-0.4, -0.2) is 0 Å². The third-order valence-electron chi connectivity index (χ3n) is 5.26. The molecule has 0 saturated heterocycles. The van der Waals surface area contributed by atoms with Crippen LogP contribution in [0.3, 0.4) is 0 Å². The predicted octanol–water partition coefficient (Wildman–Crippen LogP) is 5.05. The van der Waals surface area contributed by atoms with Gasteiger partial charge in [-0.2, -0.15) is 0 Å². The molecule has 5 unspecified atom stereocenters.